The monoisotopic (exact) mass is 447 g/mol. The lowest BCUT2D eigenvalue weighted by atomic mass is 9.49. The van der Waals surface area contributed by atoms with Crippen LogP contribution in [0, 0.1) is 33.3 Å². The zero-order valence-corrected chi connectivity index (χ0v) is 17.7. The number of amides is 1. The highest BCUT2D eigenvalue weighted by Gasteiger charge is 2.54. The van der Waals surface area contributed by atoms with Gasteiger partial charge in [-0.15, -0.1) is 0 Å². The van der Waals surface area contributed by atoms with E-state index < -0.39 is 14.8 Å². The molecule has 4 fully saturated rings. The largest absolute Gasteiger partial charge is 0.301 e. The number of carbonyl (C=O) groups is 1. The van der Waals surface area contributed by atoms with E-state index in [1.807, 2.05) is 0 Å². The SMILES string of the molecule is O=C(Nc1ncc(S(=O)(=O)c2ccc([N+](=O)[O-])cc2)s1)C12CC3CC(CC(C3)C1)C2. The van der Waals surface area contributed by atoms with Crippen LogP contribution in [0.15, 0.2) is 39.6 Å². The molecule has 6 rings (SSSR count). The van der Waals surface area contributed by atoms with Gasteiger partial charge in [-0.1, -0.05) is 11.3 Å². The van der Waals surface area contributed by atoms with E-state index in [1.54, 1.807) is 0 Å². The number of sulfone groups is 1. The summed E-state index contributed by atoms with van der Waals surface area (Å²) in [5.41, 5.74) is -0.514. The summed E-state index contributed by atoms with van der Waals surface area (Å²) in [4.78, 5) is 27.4. The van der Waals surface area contributed by atoms with E-state index in [2.05, 4.69) is 10.3 Å². The number of nitro groups is 1. The van der Waals surface area contributed by atoms with Gasteiger partial charge in [0.1, 0.15) is 4.21 Å². The Morgan fingerprint density at radius 2 is 1.67 bits per heavy atom. The van der Waals surface area contributed by atoms with Gasteiger partial charge in [0.05, 0.1) is 21.4 Å². The van der Waals surface area contributed by atoms with Crippen molar-refractivity contribution in [2.24, 2.45) is 23.2 Å². The van der Waals surface area contributed by atoms with E-state index in [0.29, 0.717) is 17.8 Å². The zero-order chi connectivity index (χ0) is 21.1. The lowest BCUT2D eigenvalue weighted by Crippen LogP contribution is -2.51. The van der Waals surface area contributed by atoms with Crippen molar-refractivity contribution >= 4 is 37.9 Å². The number of aromatic nitrogens is 1. The molecule has 0 unspecified atom stereocenters. The van der Waals surface area contributed by atoms with Crippen molar-refractivity contribution in [1.29, 1.82) is 0 Å². The van der Waals surface area contributed by atoms with Gasteiger partial charge in [-0.2, -0.15) is 0 Å². The Balaban J connectivity index is 1.34. The lowest BCUT2D eigenvalue weighted by molar-refractivity contribution is -0.384. The molecule has 4 aliphatic rings. The Morgan fingerprint density at radius 1 is 1.10 bits per heavy atom. The molecule has 158 valence electrons. The molecule has 0 radical (unpaired) electrons. The van der Waals surface area contributed by atoms with Crippen molar-refractivity contribution in [3.8, 4) is 0 Å². The van der Waals surface area contributed by atoms with Gasteiger partial charge < -0.3 is 5.32 Å². The van der Waals surface area contributed by atoms with Gasteiger partial charge in [0.25, 0.3) is 5.69 Å². The number of non-ortho nitro benzene ring substituents is 1. The summed E-state index contributed by atoms with van der Waals surface area (Å²) in [6.07, 6.45) is 7.71. The number of hydrogen-bond acceptors (Lipinski definition) is 7. The van der Waals surface area contributed by atoms with Crippen LogP contribution in [0.3, 0.4) is 0 Å². The van der Waals surface area contributed by atoms with Crippen molar-refractivity contribution in [2.45, 2.75) is 47.6 Å². The van der Waals surface area contributed by atoms with Crippen molar-refractivity contribution in [1.82, 2.24) is 4.98 Å². The smallest absolute Gasteiger partial charge is 0.269 e. The maximum atomic E-state index is 13.1. The number of nitrogens with zero attached hydrogens (tertiary/aromatic N) is 2. The lowest BCUT2D eigenvalue weighted by Gasteiger charge is -2.55. The standard InChI is InChI=1S/C20H21N3O5S2/c24-18(20-8-12-5-13(9-20)7-14(6-12)10-20)22-19-21-11-17(29-19)30(27,28)16-3-1-15(2-4-16)23(25)26/h1-4,11-14H,5-10H2,(H,21,22,24). The Bertz CT molecular complexity index is 1090. The summed E-state index contributed by atoms with van der Waals surface area (Å²) in [7, 11) is -3.86. The fourth-order valence-electron chi connectivity index (χ4n) is 5.92. The second kappa shape index (κ2) is 6.84. The normalized spacial score (nSPS) is 29.7. The van der Waals surface area contributed by atoms with Gasteiger partial charge in [0.2, 0.25) is 15.7 Å². The Labute approximate surface area is 177 Å². The molecule has 1 heterocycles. The molecule has 0 aliphatic heterocycles. The van der Waals surface area contributed by atoms with Crippen LogP contribution in [0.2, 0.25) is 0 Å². The molecule has 1 aromatic carbocycles. The van der Waals surface area contributed by atoms with E-state index in [9.17, 15) is 23.3 Å². The molecule has 4 aliphatic carbocycles. The number of anilines is 1. The third kappa shape index (κ3) is 3.22. The minimum absolute atomic E-state index is 0.00262. The first-order valence-electron chi connectivity index (χ1n) is 10.0. The molecular formula is C20H21N3O5S2. The van der Waals surface area contributed by atoms with Crippen LogP contribution in [0.25, 0.3) is 0 Å². The molecule has 0 atom stereocenters. The molecule has 0 spiro atoms. The van der Waals surface area contributed by atoms with Crippen LogP contribution in [-0.2, 0) is 14.6 Å². The predicted octanol–water partition coefficient (Wildman–Crippen LogP) is 4.04. The van der Waals surface area contributed by atoms with E-state index in [4.69, 9.17) is 0 Å². The molecule has 8 nitrogen and oxygen atoms in total. The molecule has 1 amide bonds. The first kappa shape index (κ1) is 19.6. The molecule has 30 heavy (non-hydrogen) atoms. The fraction of sp³-hybridized carbons (Fsp3) is 0.500. The van der Waals surface area contributed by atoms with Gasteiger partial charge in [0.15, 0.2) is 5.13 Å². The maximum Gasteiger partial charge on any atom is 0.269 e. The molecule has 10 heteroatoms. The highest BCUT2D eigenvalue weighted by molar-refractivity contribution is 7.93. The summed E-state index contributed by atoms with van der Waals surface area (Å²) >= 11 is 0.913. The maximum absolute atomic E-state index is 13.1. The van der Waals surface area contributed by atoms with Gasteiger partial charge in [0, 0.05) is 12.1 Å². The number of hydrogen-bond donors (Lipinski definition) is 1. The van der Waals surface area contributed by atoms with Crippen molar-refractivity contribution < 1.29 is 18.1 Å². The molecule has 4 saturated carbocycles. The Morgan fingerprint density at radius 3 is 2.20 bits per heavy atom. The van der Waals surface area contributed by atoms with E-state index in [-0.39, 0.29) is 31.2 Å². The Hall–Kier alpha value is -2.33. The number of nitrogens with one attached hydrogen (secondary N) is 1. The molecule has 1 N–H and O–H groups in total. The third-order valence-electron chi connectivity index (χ3n) is 6.85. The van der Waals surface area contributed by atoms with Crippen LogP contribution in [-0.4, -0.2) is 24.2 Å². The van der Waals surface area contributed by atoms with Crippen LogP contribution < -0.4 is 5.32 Å². The number of rotatable bonds is 5. The molecule has 0 saturated heterocycles. The van der Waals surface area contributed by atoms with E-state index in [1.165, 1.54) is 37.6 Å². The molecule has 1 aromatic heterocycles. The molecule has 2 aromatic rings. The fourth-order valence-corrected chi connectivity index (χ4v) is 8.35. The average molecular weight is 448 g/mol. The van der Waals surface area contributed by atoms with Gasteiger partial charge >= 0.3 is 0 Å². The molecule has 4 bridgehead atoms. The summed E-state index contributed by atoms with van der Waals surface area (Å²) in [5.74, 6) is 1.87. The van der Waals surface area contributed by atoms with Gasteiger partial charge in [-0.3, -0.25) is 14.9 Å². The highest BCUT2D eigenvalue weighted by Crippen LogP contribution is 2.60. The minimum Gasteiger partial charge on any atom is -0.301 e. The van der Waals surface area contributed by atoms with Crippen LogP contribution >= 0.6 is 11.3 Å². The predicted molar refractivity (Wildman–Crippen MR) is 110 cm³/mol. The van der Waals surface area contributed by atoms with Crippen molar-refractivity contribution in [3.05, 3.63) is 40.6 Å². The second-order valence-corrected chi connectivity index (χ2v) is 12.1. The third-order valence-corrected chi connectivity index (χ3v) is 9.99. The summed E-state index contributed by atoms with van der Waals surface area (Å²) < 4.78 is 25.6. The Kier molecular flexibility index (Phi) is 4.48. The van der Waals surface area contributed by atoms with E-state index in [0.717, 1.165) is 42.7 Å². The molecular weight excluding hydrogens is 426 g/mol. The number of nitro benzene ring substituents is 1. The summed E-state index contributed by atoms with van der Waals surface area (Å²) in [6, 6.07) is 4.73. The topological polar surface area (TPSA) is 119 Å². The first-order chi connectivity index (χ1) is 14.2. The highest BCUT2D eigenvalue weighted by atomic mass is 32.2. The summed E-state index contributed by atoms with van der Waals surface area (Å²) in [6.45, 7) is 0. The van der Waals surface area contributed by atoms with Crippen LogP contribution in [0.5, 0.6) is 0 Å². The zero-order valence-electron chi connectivity index (χ0n) is 16.1. The van der Waals surface area contributed by atoms with E-state index >= 15 is 0 Å². The minimum atomic E-state index is -3.86. The second-order valence-electron chi connectivity index (χ2n) is 8.89. The number of thiazole rings is 1. The first-order valence-corrected chi connectivity index (χ1v) is 12.3. The number of carbonyl (C=O) groups excluding carboxylic acids is 1. The van der Waals surface area contributed by atoms with Crippen molar-refractivity contribution in [2.75, 3.05) is 5.32 Å². The average Bonchev–Trinajstić information content (AvgIpc) is 3.16. The van der Waals surface area contributed by atoms with Crippen LogP contribution in [0.4, 0.5) is 10.8 Å². The van der Waals surface area contributed by atoms with Gasteiger partial charge in [-0.25, -0.2) is 13.4 Å². The number of benzene rings is 1. The van der Waals surface area contributed by atoms with Crippen LogP contribution in [0.1, 0.15) is 38.5 Å². The van der Waals surface area contributed by atoms with Crippen molar-refractivity contribution in [3.63, 3.8) is 0 Å². The van der Waals surface area contributed by atoms with Gasteiger partial charge in [-0.05, 0) is 68.4 Å². The summed E-state index contributed by atoms with van der Waals surface area (Å²) in [5, 5.41) is 13.9. The quantitative estimate of drug-likeness (QED) is 0.546.